The van der Waals surface area contributed by atoms with Crippen LogP contribution in [0.2, 0.25) is 0 Å². The quantitative estimate of drug-likeness (QED) is 0.634. The molecule has 0 aliphatic rings. The van der Waals surface area contributed by atoms with Gasteiger partial charge in [0.2, 0.25) is 5.89 Å². The second kappa shape index (κ2) is 7.68. The maximum absolute atomic E-state index is 12.1. The molecule has 1 aromatic carbocycles. The number of carbonyl (C=O) groups is 1. The first kappa shape index (κ1) is 16.9. The first-order valence-corrected chi connectivity index (χ1v) is 8.02. The van der Waals surface area contributed by atoms with Crippen molar-refractivity contribution in [2.24, 2.45) is 5.73 Å². The van der Waals surface area contributed by atoms with Crippen molar-refractivity contribution in [3.63, 3.8) is 0 Å². The smallest absolute Gasteiger partial charge is 0.346 e. The molecule has 0 unspecified atom stereocenters. The zero-order valence-corrected chi connectivity index (χ0v) is 13.8. The number of ether oxygens (including phenoxy) is 2. The van der Waals surface area contributed by atoms with E-state index in [1.54, 1.807) is 44.6 Å². The minimum absolute atomic E-state index is 0.0288. The fourth-order valence-corrected chi connectivity index (χ4v) is 2.15. The van der Waals surface area contributed by atoms with Crippen molar-refractivity contribution >= 4 is 23.3 Å². The molecular formula is C15H17N3O4S. The molecule has 7 nitrogen and oxygen atoms in total. The van der Waals surface area contributed by atoms with Gasteiger partial charge in [-0.3, -0.25) is 0 Å². The van der Waals surface area contributed by atoms with Crippen molar-refractivity contribution in [3.05, 3.63) is 35.2 Å². The van der Waals surface area contributed by atoms with Gasteiger partial charge in [-0.25, -0.2) is 4.79 Å². The van der Waals surface area contributed by atoms with Crippen LogP contribution >= 0.6 is 11.8 Å². The molecule has 0 aliphatic carbocycles. The van der Waals surface area contributed by atoms with Gasteiger partial charge >= 0.3 is 5.97 Å². The SMILES string of the molecule is CCOC(=O)/C(=C(\N)SC)c1nnc(-c2ccc(OC)cc2)o1. The molecule has 2 rings (SSSR count). The Kier molecular flexibility index (Phi) is 5.64. The van der Waals surface area contributed by atoms with Gasteiger partial charge in [0.05, 0.1) is 18.7 Å². The summed E-state index contributed by atoms with van der Waals surface area (Å²) in [5.74, 6) is 0.427. The second-order valence-electron chi connectivity index (χ2n) is 4.30. The highest BCUT2D eigenvalue weighted by molar-refractivity contribution is 8.02. The molecule has 0 radical (unpaired) electrons. The van der Waals surface area contributed by atoms with Crippen LogP contribution in [-0.4, -0.2) is 36.1 Å². The lowest BCUT2D eigenvalue weighted by Crippen LogP contribution is -2.12. The molecule has 8 heteroatoms. The fraction of sp³-hybridized carbons (Fsp3) is 0.267. The molecule has 0 atom stereocenters. The summed E-state index contributed by atoms with van der Waals surface area (Å²) in [5, 5.41) is 8.12. The van der Waals surface area contributed by atoms with E-state index in [4.69, 9.17) is 19.6 Å². The third-order valence-electron chi connectivity index (χ3n) is 2.92. The van der Waals surface area contributed by atoms with Gasteiger partial charge in [0, 0.05) is 5.56 Å². The molecule has 0 spiro atoms. The summed E-state index contributed by atoms with van der Waals surface area (Å²) in [6.45, 7) is 1.94. The first-order chi connectivity index (χ1) is 11.1. The molecule has 0 amide bonds. The number of hydrogen-bond acceptors (Lipinski definition) is 8. The van der Waals surface area contributed by atoms with Crippen LogP contribution in [0.3, 0.4) is 0 Å². The third kappa shape index (κ3) is 3.84. The molecule has 0 bridgehead atoms. The van der Waals surface area contributed by atoms with E-state index in [1.165, 1.54) is 11.8 Å². The van der Waals surface area contributed by atoms with Crippen LogP contribution in [0, 0.1) is 0 Å². The highest BCUT2D eigenvalue weighted by atomic mass is 32.2. The number of esters is 1. The third-order valence-corrected chi connectivity index (χ3v) is 3.57. The predicted molar refractivity (Wildman–Crippen MR) is 87.5 cm³/mol. The summed E-state index contributed by atoms with van der Waals surface area (Å²) in [7, 11) is 1.58. The van der Waals surface area contributed by atoms with Crippen molar-refractivity contribution in [1.29, 1.82) is 0 Å². The Morgan fingerprint density at radius 2 is 2.00 bits per heavy atom. The summed E-state index contributed by atoms with van der Waals surface area (Å²) in [6.07, 6.45) is 1.75. The number of aromatic nitrogens is 2. The zero-order chi connectivity index (χ0) is 16.8. The van der Waals surface area contributed by atoms with Crippen LogP contribution < -0.4 is 10.5 Å². The molecule has 0 fully saturated rings. The van der Waals surface area contributed by atoms with Crippen LogP contribution in [0.15, 0.2) is 33.7 Å². The van der Waals surface area contributed by atoms with Crippen LogP contribution in [0.25, 0.3) is 17.0 Å². The van der Waals surface area contributed by atoms with Gasteiger partial charge in [0.15, 0.2) is 5.57 Å². The molecule has 0 saturated carbocycles. The summed E-state index contributed by atoms with van der Waals surface area (Å²) in [4.78, 5) is 12.1. The Labute approximate surface area is 137 Å². The number of hydrogen-bond donors (Lipinski definition) is 1. The van der Waals surface area contributed by atoms with E-state index in [9.17, 15) is 4.79 Å². The molecular weight excluding hydrogens is 318 g/mol. The van der Waals surface area contributed by atoms with Crippen LogP contribution in [0.5, 0.6) is 5.75 Å². The average molecular weight is 335 g/mol. The average Bonchev–Trinajstić information content (AvgIpc) is 3.04. The Bertz CT molecular complexity index is 710. The maximum Gasteiger partial charge on any atom is 0.346 e. The van der Waals surface area contributed by atoms with Crippen molar-refractivity contribution in [2.75, 3.05) is 20.0 Å². The number of carbonyl (C=O) groups excluding carboxylic acids is 1. The number of benzene rings is 1. The van der Waals surface area contributed by atoms with E-state index in [2.05, 4.69) is 10.2 Å². The normalized spacial score (nSPS) is 11.8. The van der Waals surface area contributed by atoms with Gasteiger partial charge in [-0.05, 0) is 37.4 Å². The second-order valence-corrected chi connectivity index (χ2v) is 5.15. The van der Waals surface area contributed by atoms with Crippen molar-refractivity contribution in [1.82, 2.24) is 10.2 Å². The number of nitrogens with two attached hydrogens (primary N) is 1. The topological polar surface area (TPSA) is 100 Å². The summed E-state index contributed by atoms with van der Waals surface area (Å²) >= 11 is 1.20. The highest BCUT2D eigenvalue weighted by Crippen LogP contribution is 2.26. The van der Waals surface area contributed by atoms with Crippen LogP contribution in [0.1, 0.15) is 12.8 Å². The van der Waals surface area contributed by atoms with E-state index < -0.39 is 5.97 Å². The first-order valence-electron chi connectivity index (χ1n) is 6.79. The van der Waals surface area contributed by atoms with Gasteiger partial charge in [-0.2, -0.15) is 0 Å². The lowest BCUT2D eigenvalue weighted by atomic mass is 10.2. The number of nitrogens with zero attached hydrogens (tertiary/aromatic N) is 2. The van der Waals surface area contributed by atoms with Gasteiger partial charge in [-0.15, -0.1) is 22.0 Å². The van der Waals surface area contributed by atoms with Crippen molar-refractivity contribution in [2.45, 2.75) is 6.92 Å². The van der Waals surface area contributed by atoms with Gasteiger partial charge < -0.3 is 19.6 Å². The molecule has 1 aromatic heterocycles. The number of methoxy groups -OCH3 is 1. The Morgan fingerprint density at radius 1 is 1.30 bits per heavy atom. The minimum atomic E-state index is -0.593. The van der Waals surface area contributed by atoms with Crippen LogP contribution in [-0.2, 0) is 9.53 Å². The van der Waals surface area contributed by atoms with E-state index in [0.717, 1.165) is 0 Å². The lowest BCUT2D eigenvalue weighted by Gasteiger charge is -2.05. The van der Waals surface area contributed by atoms with E-state index in [0.29, 0.717) is 11.3 Å². The summed E-state index contributed by atoms with van der Waals surface area (Å²) < 4.78 is 15.7. The molecule has 0 saturated heterocycles. The van der Waals surface area contributed by atoms with Crippen LogP contribution in [0.4, 0.5) is 0 Å². The molecule has 0 aliphatic heterocycles. The molecule has 2 aromatic rings. The van der Waals surface area contributed by atoms with Crippen molar-refractivity contribution < 1.29 is 18.7 Å². The summed E-state index contributed by atoms with van der Waals surface area (Å²) in [6, 6.07) is 7.11. The zero-order valence-electron chi connectivity index (χ0n) is 13.0. The van der Waals surface area contributed by atoms with Gasteiger partial charge in [0.25, 0.3) is 5.89 Å². The fourth-order valence-electron chi connectivity index (χ4n) is 1.77. The number of rotatable bonds is 6. The standard InChI is InChI=1S/C15H17N3O4S/c1-4-21-15(19)11(12(16)23-3)14-18-17-13(22-14)9-5-7-10(20-2)8-6-9/h5-8H,4,16H2,1-3H3/b12-11+. The maximum atomic E-state index is 12.1. The molecule has 122 valence electrons. The largest absolute Gasteiger partial charge is 0.497 e. The monoisotopic (exact) mass is 335 g/mol. The molecule has 2 N–H and O–H groups in total. The Balaban J connectivity index is 2.36. The summed E-state index contributed by atoms with van der Waals surface area (Å²) in [5.41, 5.74) is 6.64. The Hall–Kier alpha value is -2.48. The predicted octanol–water partition coefficient (Wildman–Crippen LogP) is 2.30. The van der Waals surface area contributed by atoms with Gasteiger partial charge in [-0.1, -0.05) is 0 Å². The van der Waals surface area contributed by atoms with E-state index >= 15 is 0 Å². The Morgan fingerprint density at radius 3 is 2.57 bits per heavy atom. The highest BCUT2D eigenvalue weighted by Gasteiger charge is 2.24. The lowest BCUT2D eigenvalue weighted by molar-refractivity contribution is -0.136. The van der Waals surface area contributed by atoms with E-state index in [-0.39, 0.29) is 29.0 Å². The van der Waals surface area contributed by atoms with Crippen molar-refractivity contribution in [3.8, 4) is 17.2 Å². The molecule has 1 heterocycles. The van der Waals surface area contributed by atoms with E-state index in [1.807, 2.05) is 0 Å². The molecule has 23 heavy (non-hydrogen) atoms. The van der Waals surface area contributed by atoms with Gasteiger partial charge in [0.1, 0.15) is 5.75 Å². The minimum Gasteiger partial charge on any atom is -0.497 e. The number of thioether (sulfide) groups is 1.